The predicted octanol–water partition coefficient (Wildman–Crippen LogP) is 9.12. The molecular formula is C34H27N. The van der Waals surface area contributed by atoms with Gasteiger partial charge in [0.05, 0.1) is 0 Å². The Morgan fingerprint density at radius 1 is 0.657 bits per heavy atom. The first kappa shape index (κ1) is 21.2. The Morgan fingerprint density at radius 2 is 1.46 bits per heavy atom. The van der Waals surface area contributed by atoms with E-state index in [1.54, 1.807) is 0 Å². The van der Waals surface area contributed by atoms with Gasteiger partial charge in [-0.05, 0) is 76.1 Å². The third-order valence-corrected chi connectivity index (χ3v) is 6.77. The minimum absolute atomic E-state index is 0.961. The average Bonchev–Trinajstić information content (AvgIpc) is 3.34. The molecule has 3 aromatic rings. The fourth-order valence-electron chi connectivity index (χ4n) is 4.94. The maximum Gasteiger partial charge on any atom is 0.0463 e. The van der Waals surface area contributed by atoms with Crippen molar-refractivity contribution in [1.82, 2.24) is 0 Å². The van der Waals surface area contributed by atoms with E-state index in [1.807, 2.05) is 0 Å². The van der Waals surface area contributed by atoms with E-state index in [2.05, 4.69) is 139 Å². The number of para-hydroxylation sites is 1. The fraction of sp³-hybridized carbons (Fsp3) is 0.0588. The minimum Gasteiger partial charge on any atom is -0.355 e. The van der Waals surface area contributed by atoms with E-state index < -0.39 is 0 Å². The Bertz CT molecular complexity index is 1470. The number of fused-ring (bicyclic) bond motifs is 3. The molecule has 3 aliphatic rings. The van der Waals surface area contributed by atoms with Crippen molar-refractivity contribution in [2.24, 2.45) is 0 Å². The summed E-state index contributed by atoms with van der Waals surface area (Å²) in [5, 5.41) is 3.62. The van der Waals surface area contributed by atoms with Crippen LogP contribution in [-0.2, 0) is 0 Å². The number of hydrogen-bond donors (Lipinski definition) is 1. The Kier molecular flexibility index (Phi) is 5.74. The first-order valence-electron chi connectivity index (χ1n) is 12.2. The predicted molar refractivity (Wildman–Crippen MR) is 149 cm³/mol. The van der Waals surface area contributed by atoms with Crippen molar-refractivity contribution in [3.63, 3.8) is 0 Å². The number of allylic oxidation sites excluding steroid dienone is 14. The summed E-state index contributed by atoms with van der Waals surface area (Å²) in [4.78, 5) is 0. The van der Waals surface area contributed by atoms with E-state index in [1.165, 1.54) is 44.6 Å². The number of nitrogens with one attached hydrogen (secondary N) is 1. The summed E-state index contributed by atoms with van der Waals surface area (Å²) in [5.41, 5.74) is 12.6. The van der Waals surface area contributed by atoms with Gasteiger partial charge in [-0.15, -0.1) is 0 Å². The van der Waals surface area contributed by atoms with E-state index in [-0.39, 0.29) is 0 Å². The molecule has 0 heterocycles. The van der Waals surface area contributed by atoms with Crippen molar-refractivity contribution in [3.8, 4) is 11.1 Å². The van der Waals surface area contributed by atoms with Crippen LogP contribution in [-0.4, -0.2) is 0 Å². The summed E-state index contributed by atoms with van der Waals surface area (Å²) in [6.07, 6.45) is 22.2. The van der Waals surface area contributed by atoms with Crippen molar-refractivity contribution < 1.29 is 0 Å². The maximum atomic E-state index is 3.62. The van der Waals surface area contributed by atoms with E-state index in [9.17, 15) is 0 Å². The molecule has 1 nitrogen and oxygen atoms in total. The van der Waals surface area contributed by atoms with Gasteiger partial charge in [-0.3, -0.25) is 0 Å². The Hall–Kier alpha value is -4.36. The van der Waals surface area contributed by atoms with Crippen LogP contribution in [0.2, 0.25) is 0 Å². The summed E-state index contributed by atoms with van der Waals surface area (Å²) in [6, 6.07) is 27.7. The molecule has 0 unspecified atom stereocenters. The van der Waals surface area contributed by atoms with Gasteiger partial charge in [-0.1, -0.05) is 109 Å². The normalized spacial score (nSPS) is 16.4. The number of hydrogen-bond acceptors (Lipinski definition) is 1. The highest BCUT2D eigenvalue weighted by Gasteiger charge is 2.16. The molecule has 0 spiro atoms. The number of anilines is 2. The van der Waals surface area contributed by atoms with E-state index in [0.717, 1.165) is 24.2 Å². The Balaban J connectivity index is 1.28. The summed E-state index contributed by atoms with van der Waals surface area (Å²) in [6.45, 7) is 0. The van der Waals surface area contributed by atoms with Crippen molar-refractivity contribution in [1.29, 1.82) is 0 Å². The molecule has 6 rings (SSSR count). The van der Waals surface area contributed by atoms with Crippen LogP contribution in [0.3, 0.4) is 0 Å². The van der Waals surface area contributed by atoms with Crippen LogP contribution in [0.15, 0.2) is 156 Å². The molecule has 3 aliphatic carbocycles. The monoisotopic (exact) mass is 449 g/mol. The molecular weight excluding hydrogens is 422 g/mol. The van der Waals surface area contributed by atoms with Gasteiger partial charge >= 0.3 is 0 Å². The van der Waals surface area contributed by atoms with Gasteiger partial charge in [0.25, 0.3) is 0 Å². The van der Waals surface area contributed by atoms with Gasteiger partial charge in [-0.2, -0.15) is 0 Å². The molecule has 0 fully saturated rings. The van der Waals surface area contributed by atoms with Crippen LogP contribution >= 0.6 is 0 Å². The van der Waals surface area contributed by atoms with Crippen LogP contribution in [0.4, 0.5) is 11.4 Å². The second-order valence-corrected chi connectivity index (χ2v) is 9.08. The van der Waals surface area contributed by atoms with Gasteiger partial charge in [0.15, 0.2) is 0 Å². The minimum atomic E-state index is 0.961. The lowest BCUT2D eigenvalue weighted by atomic mass is 9.95. The lowest BCUT2D eigenvalue weighted by Gasteiger charge is -2.13. The zero-order valence-corrected chi connectivity index (χ0v) is 19.6. The van der Waals surface area contributed by atoms with Gasteiger partial charge < -0.3 is 5.32 Å². The largest absolute Gasteiger partial charge is 0.355 e. The highest BCUT2D eigenvalue weighted by Crippen LogP contribution is 2.36. The molecule has 0 saturated carbocycles. The topological polar surface area (TPSA) is 12.0 Å². The SMILES string of the molecule is C1=CC=C2CC(=C1)C=CC1=C2CC=CC(c2ccc(Nc3ccccc3-c3ccccc3)cc2)=C1. The van der Waals surface area contributed by atoms with Crippen molar-refractivity contribution in [2.75, 3.05) is 5.32 Å². The molecule has 0 aromatic heterocycles. The van der Waals surface area contributed by atoms with Crippen LogP contribution in [0, 0.1) is 0 Å². The van der Waals surface area contributed by atoms with E-state index in [0.29, 0.717) is 0 Å². The highest BCUT2D eigenvalue weighted by molar-refractivity contribution is 5.83. The Labute approximate surface area is 207 Å². The fourth-order valence-corrected chi connectivity index (χ4v) is 4.94. The second-order valence-electron chi connectivity index (χ2n) is 9.08. The smallest absolute Gasteiger partial charge is 0.0463 e. The van der Waals surface area contributed by atoms with Crippen LogP contribution < -0.4 is 5.32 Å². The molecule has 0 atom stereocenters. The maximum absolute atomic E-state index is 3.62. The zero-order valence-electron chi connectivity index (χ0n) is 19.6. The standard InChI is InChI=1S/C34H27N/c1-2-10-27(11-3-1)33-14-6-7-16-34(33)35-31-21-19-26(20-22-31)28-13-8-15-32-29-12-5-4-9-25(23-29)17-18-30(32)24-28/h1-14,16-22,24,35H,15,23H2. The second kappa shape index (κ2) is 9.48. The summed E-state index contributed by atoms with van der Waals surface area (Å²) in [7, 11) is 0. The van der Waals surface area contributed by atoms with E-state index >= 15 is 0 Å². The zero-order chi connectivity index (χ0) is 23.5. The Morgan fingerprint density at radius 3 is 2.34 bits per heavy atom. The summed E-state index contributed by atoms with van der Waals surface area (Å²) < 4.78 is 0. The van der Waals surface area contributed by atoms with Gasteiger partial charge in [0.1, 0.15) is 0 Å². The van der Waals surface area contributed by atoms with Gasteiger partial charge in [0, 0.05) is 16.9 Å². The lowest BCUT2D eigenvalue weighted by Crippen LogP contribution is -1.93. The van der Waals surface area contributed by atoms with E-state index in [4.69, 9.17) is 0 Å². The average molecular weight is 450 g/mol. The lowest BCUT2D eigenvalue weighted by molar-refractivity contribution is 1.11. The van der Waals surface area contributed by atoms with Crippen LogP contribution in [0.25, 0.3) is 16.7 Å². The number of rotatable bonds is 4. The summed E-state index contributed by atoms with van der Waals surface area (Å²) >= 11 is 0. The first-order valence-corrected chi connectivity index (χ1v) is 12.2. The molecule has 1 heteroatoms. The molecule has 2 bridgehead atoms. The molecule has 0 aliphatic heterocycles. The molecule has 3 aromatic carbocycles. The molecule has 168 valence electrons. The first-order chi connectivity index (χ1) is 17.3. The number of benzene rings is 3. The molecule has 0 saturated heterocycles. The summed E-state index contributed by atoms with van der Waals surface area (Å²) in [5.74, 6) is 0. The van der Waals surface area contributed by atoms with Crippen LogP contribution in [0.1, 0.15) is 18.4 Å². The third-order valence-electron chi connectivity index (χ3n) is 6.77. The quantitative estimate of drug-likeness (QED) is 0.419. The van der Waals surface area contributed by atoms with Gasteiger partial charge in [0.2, 0.25) is 0 Å². The molecule has 0 amide bonds. The van der Waals surface area contributed by atoms with Gasteiger partial charge in [-0.25, -0.2) is 0 Å². The highest BCUT2D eigenvalue weighted by atomic mass is 14.9. The molecule has 35 heavy (non-hydrogen) atoms. The third kappa shape index (κ3) is 4.54. The van der Waals surface area contributed by atoms with Crippen molar-refractivity contribution in [3.05, 3.63) is 161 Å². The van der Waals surface area contributed by atoms with Crippen LogP contribution in [0.5, 0.6) is 0 Å². The van der Waals surface area contributed by atoms with Crippen molar-refractivity contribution >= 4 is 16.9 Å². The molecule has 0 radical (unpaired) electrons. The van der Waals surface area contributed by atoms with Crippen molar-refractivity contribution in [2.45, 2.75) is 12.8 Å². The molecule has 1 N–H and O–H groups in total.